The normalized spacial score (nSPS) is 25.3. The first-order valence-corrected chi connectivity index (χ1v) is 8.35. The molecule has 0 amide bonds. The Morgan fingerprint density at radius 2 is 1.68 bits per heavy atom. The van der Waals surface area contributed by atoms with Crippen LogP contribution in [0, 0.1) is 11.8 Å². The molecule has 2 N–H and O–H groups in total. The summed E-state index contributed by atoms with van der Waals surface area (Å²) in [6.07, 6.45) is 7.07. The number of rotatable bonds is 6. The number of hydrogen-bond acceptors (Lipinski definition) is 3. The van der Waals surface area contributed by atoms with E-state index in [1.54, 1.807) is 0 Å². The Morgan fingerprint density at radius 3 is 2.21 bits per heavy atom. The summed E-state index contributed by atoms with van der Waals surface area (Å²) in [6, 6.07) is 0.906. The molecule has 1 saturated carbocycles. The molecule has 0 aromatic carbocycles. The summed E-state index contributed by atoms with van der Waals surface area (Å²) < 4.78 is 0. The van der Waals surface area contributed by atoms with Gasteiger partial charge in [0.05, 0.1) is 0 Å². The van der Waals surface area contributed by atoms with Gasteiger partial charge in [0.15, 0.2) is 0 Å². The molecule has 0 aromatic rings. The van der Waals surface area contributed by atoms with Crippen LogP contribution in [0.1, 0.15) is 46.0 Å². The van der Waals surface area contributed by atoms with Crippen LogP contribution in [0.4, 0.5) is 0 Å². The van der Waals surface area contributed by atoms with Crippen LogP contribution in [0.3, 0.4) is 0 Å². The summed E-state index contributed by atoms with van der Waals surface area (Å²) in [6.45, 7) is 11.7. The van der Waals surface area contributed by atoms with Gasteiger partial charge in [-0.15, -0.1) is 0 Å². The third-order valence-corrected chi connectivity index (χ3v) is 4.90. The minimum atomic E-state index is 0.693. The Bertz CT molecular complexity index is 240. The summed E-state index contributed by atoms with van der Waals surface area (Å²) in [5, 5.41) is 0. The van der Waals surface area contributed by atoms with Gasteiger partial charge in [0.25, 0.3) is 0 Å². The van der Waals surface area contributed by atoms with Crippen molar-refractivity contribution in [3.8, 4) is 0 Å². The molecule has 2 aliphatic rings. The highest BCUT2D eigenvalue weighted by Crippen LogP contribution is 2.24. The largest absolute Gasteiger partial charge is 0.330 e. The number of nitrogens with two attached hydrogens (primary N) is 1. The molecular weight excluding hydrogens is 234 g/mol. The summed E-state index contributed by atoms with van der Waals surface area (Å²) in [4.78, 5) is 5.38. The van der Waals surface area contributed by atoms with E-state index in [9.17, 15) is 0 Å². The molecule has 0 bridgehead atoms. The quantitative estimate of drug-likeness (QED) is 0.800. The summed E-state index contributed by atoms with van der Waals surface area (Å²) in [5.74, 6) is 1.46. The molecule has 1 unspecified atom stereocenters. The maximum atomic E-state index is 5.93. The van der Waals surface area contributed by atoms with Gasteiger partial charge < -0.3 is 10.6 Å². The standard InChI is InChI=1S/C16H33N3/c1-14(2)11-15(12-17)13-18-7-9-19(10-8-18)16-5-3-4-6-16/h14-16H,3-13,17H2,1-2H3. The Labute approximate surface area is 119 Å². The van der Waals surface area contributed by atoms with Gasteiger partial charge in [-0.1, -0.05) is 26.7 Å². The van der Waals surface area contributed by atoms with Crippen LogP contribution in [-0.2, 0) is 0 Å². The van der Waals surface area contributed by atoms with Crippen molar-refractivity contribution in [1.29, 1.82) is 0 Å². The topological polar surface area (TPSA) is 32.5 Å². The third-order valence-electron chi connectivity index (χ3n) is 4.90. The number of nitrogens with zero attached hydrogens (tertiary/aromatic N) is 2. The molecule has 0 radical (unpaired) electrons. The van der Waals surface area contributed by atoms with E-state index in [1.807, 2.05) is 0 Å². The van der Waals surface area contributed by atoms with Crippen LogP contribution in [0.15, 0.2) is 0 Å². The van der Waals surface area contributed by atoms with Crippen molar-refractivity contribution in [1.82, 2.24) is 9.80 Å². The van der Waals surface area contributed by atoms with Crippen LogP contribution in [-0.4, -0.2) is 55.1 Å². The molecular formula is C16H33N3. The lowest BCUT2D eigenvalue weighted by Crippen LogP contribution is -2.51. The third kappa shape index (κ3) is 4.73. The molecule has 3 nitrogen and oxygen atoms in total. The second-order valence-corrected chi connectivity index (χ2v) is 7.01. The zero-order chi connectivity index (χ0) is 13.7. The monoisotopic (exact) mass is 267 g/mol. The van der Waals surface area contributed by atoms with E-state index in [1.165, 1.54) is 64.8 Å². The first-order chi connectivity index (χ1) is 9.19. The highest BCUT2D eigenvalue weighted by atomic mass is 15.3. The Kier molecular flexibility index (Phi) is 6.11. The van der Waals surface area contributed by atoms with Gasteiger partial charge in [-0.2, -0.15) is 0 Å². The first kappa shape index (κ1) is 15.3. The van der Waals surface area contributed by atoms with Gasteiger partial charge in [0.1, 0.15) is 0 Å². The Balaban J connectivity index is 1.70. The van der Waals surface area contributed by atoms with Crippen molar-refractivity contribution < 1.29 is 0 Å². The maximum absolute atomic E-state index is 5.93. The molecule has 1 aliphatic heterocycles. The molecule has 0 spiro atoms. The van der Waals surface area contributed by atoms with Crippen LogP contribution in [0.5, 0.6) is 0 Å². The molecule has 1 saturated heterocycles. The van der Waals surface area contributed by atoms with Gasteiger partial charge in [0, 0.05) is 38.8 Å². The highest BCUT2D eigenvalue weighted by Gasteiger charge is 2.26. The van der Waals surface area contributed by atoms with Gasteiger partial charge in [0.2, 0.25) is 0 Å². The molecule has 1 aliphatic carbocycles. The fourth-order valence-electron chi connectivity index (χ4n) is 3.86. The Hall–Kier alpha value is -0.120. The smallest absolute Gasteiger partial charge is 0.0113 e. The molecule has 19 heavy (non-hydrogen) atoms. The van der Waals surface area contributed by atoms with Crippen molar-refractivity contribution >= 4 is 0 Å². The maximum Gasteiger partial charge on any atom is 0.0113 e. The predicted octanol–water partition coefficient (Wildman–Crippen LogP) is 2.17. The van der Waals surface area contributed by atoms with Gasteiger partial charge >= 0.3 is 0 Å². The molecule has 112 valence electrons. The van der Waals surface area contributed by atoms with E-state index in [0.29, 0.717) is 5.92 Å². The van der Waals surface area contributed by atoms with Crippen molar-refractivity contribution in [2.75, 3.05) is 39.3 Å². The van der Waals surface area contributed by atoms with Crippen LogP contribution >= 0.6 is 0 Å². The van der Waals surface area contributed by atoms with Crippen molar-refractivity contribution in [2.24, 2.45) is 17.6 Å². The minimum absolute atomic E-state index is 0.693. The zero-order valence-corrected chi connectivity index (χ0v) is 13.0. The predicted molar refractivity (Wildman–Crippen MR) is 82.3 cm³/mol. The lowest BCUT2D eigenvalue weighted by Gasteiger charge is -2.39. The number of hydrogen-bond donors (Lipinski definition) is 1. The molecule has 3 heteroatoms. The van der Waals surface area contributed by atoms with E-state index in [2.05, 4.69) is 23.6 Å². The van der Waals surface area contributed by atoms with Gasteiger partial charge in [-0.3, -0.25) is 4.90 Å². The first-order valence-electron chi connectivity index (χ1n) is 8.35. The Morgan fingerprint density at radius 1 is 1.05 bits per heavy atom. The summed E-state index contributed by atoms with van der Waals surface area (Å²) in [7, 11) is 0. The van der Waals surface area contributed by atoms with E-state index in [-0.39, 0.29) is 0 Å². The van der Waals surface area contributed by atoms with E-state index >= 15 is 0 Å². The van der Waals surface area contributed by atoms with Crippen molar-refractivity contribution in [3.63, 3.8) is 0 Å². The van der Waals surface area contributed by atoms with Gasteiger partial charge in [-0.05, 0) is 37.6 Å². The molecule has 0 aromatic heterocycles. The molecule has 2 fully saturated rings. The van der Waals surface area contributed by atoms with Crippen molar-refractivity contribution in [3.05, 3.63) is 0 Å². The van der Waals surface area contributed by atoms with E-state index in [4.69, 9.17) is 5.73 Å². The van der Waals surface area contributed by atoms with Crippen LogP contribution in [0.2, 0.25) is 0 Å². The SMILES string of the molecule is CC(C)CC(CN)CN1CCN(C2CCCC2)CC1. The second-order valence-electron chi connectivity index (χ2n) is 7.01. The lowest BCUT2D eigenvalue weighted by atomic mass is 9.96. The minimum Gasteiger partial charge on any atom is -0.330 e. The average molecular weight is 267 g/mol. The zero-order valence-electron chi connectivity index (χ0n) is 13.0. The lowest BCUT2D eigenvalue weighted by molar-refractivity contribution is 0.0858. The highest BCUT2D eigenvalue weighted by molar-refractivity contribution is 4.82. The van der Waals surface area contributed by atoms with Gasteiger partial charge in [-0.25, -0.2) is 0 Å². The summed E-state index contributed by atoms with van der Waals surface area (Å²) >= 11 is 0. The van der Waals surface area contributed by atoms with Crippen LogP contribution < -0.4 is 5.73 Å². The van der Waals surface area contributed by atoms with Crippen molar-refractivity contribution in [2.45, 2.75) is 52.0 Å². The molecule has 2 rings (SSSR count). The van der Waals surface area contributed by atoms with Crippen LogP contribution in [0.25, 0.3) is 0 Å². The number of piperazine rings is 1. The fraction of sp³-hybridized carbons (Fsp3) is 1.00. The molecule has 1 atom stereocenters. The fourth-order valence-corrected chi connectivity index (χ4v) is 3.86. The second kappa shape index (κ2) is 7.61. The average Bonchev–Trinajstić information content (AvgIpc) is 2.92. The van der Waals surface area contributed by atoms with E-state index in [0.717, 1.165) is 18.5 Å². The van der Waals surface area contributed by atoms with E-state index < -0.39 is 0 Å². The summed E-state index contributed by atoms with van der Waals surface area (Å²) in [5.41, 5.74) is 5.93. The molecule has 1 heterocycles.